The Morgan fingerprint density at radius 3 is 2.60 bits per heavy atom. The third-order valence-corrected chi connectivity index (χ3v) is 2.91. The minimum atomic E-state index is -0.333. The number of benzene rings is 2. The van der Waals surface area contributed by atoms with Gasteiger partial charge in [0.2, 0.25) is 0 Å². The maximum absolute atomic E-state index is 11.3. The molecule has 2 aromatic carbocycles. The van der Waals surface area contributed by atoms with Gasteiger partial charge in [0.1, 0.15) is 5.75 Å². The van der Waals surface area contributed by atoms with E-state index in [1.54, 1.807) is 24.3 Å². The van der Waals surface area contributed by atoms with E-state index in [-0.39, 0.29) is 11.7 Å². The van der Waals surface area contributed by atoms with Gasteiger partial charge < -0.3 is 9.84 Å². The van der Waals surface area contributed by atoms with Crippen LogP contribution in [0.25, 0.3) is 6.08 Å². The molecule has 0 heterocycles. The van der Waals surface area contributed by atoms with Crippen LogP contribution in [0, 0.1) is 0 Å². The number of allylic oxidation sites excluding steroid dienone is 1. The summed E-state index contributed by atoms with van der Waals surface area (Å²) in [5, 5.41) is 9.37. The van der Waals surface area contributed by atoms with Crippen LogP contribution in [0.4, 0.5) is 0 Å². The lowest BCUT2D eigenvalue weighted by Gasteiger charge is -2.00. The summed E-state index contributed by atoms with van der Waals surface area (Å²) in [4.78, 5) is 11.3. The average Bonchev–Trinajstić information content (AvgIpc) is 2.47. The van der Waals surface area contributed by atoms with Crippen molar-refractivity contribution in [2.45, 2.75) is 6.42 Å². The van der Waals surface area contributed by atoms with Crippen molar-refractivity contribution in [2.75, 3.05) is 7.11 Å². The van der Waals surface area contributed by atoms with Gasteiger partial charge in [-0.1, -0.05) is 36.4 Å². The quantitative estimate of drug-likeness (QED) is 0.864. The van der Waals surface area contributed by atoms with Crippen LogP contribution in [0.2, 0.25) is 0 Å². The maximum atomic E-state index is 11.3. The van der Waals surface area contributed by atoms with E-state index in [9.17, 15) is 9.90 Å². The first-order valence-corrected chi connectivity index (χ1v) is 6.32. The van der Waals surface area contributed by atoms with Crippen LogP contribution in [0.5, 0.6) is 5.75 Å². The molecular formula is C17H16O3. The molecule has 0 aromatic heterocycles. The number of aromatic hydroxyl groups is 1. The lowest BCUT2D eigenvalue weighted by atomic mass is 10.1. The van der Waals surface area contributed by atoms with Gasteiger partial charge in [0.25, 0.3) is 0 Å². The van der Waals surface area contributed by atoms with E-state index in [0.29, 0.717) is 5.56 Å². The normalized spacial score (nSPS) is 10.7. The molecule has 3 heteroatoms. The lowest BCUT2D eigenvalue weighted by molar-refractivity contribution is 0.0600. The fourth-order valence-corrected chi connectivity index (χ4v) is 1.86. The predicted molar refractivity (Wildman–Crippen MR) is 78.6 cm³/mol. The minimum absolute atomic E-state index is 0.276. The molecule has 0 aliphatic rings. The highest BCUT2D eigenvalue weighted by Crippen LogP contribution is 2.13. The Morgan fingerprint density at radius 2 is 1.95 bits per heavy atom. The van der Waals surface area contributed by atoms with Gasteiger partial charge in [0.05, 0.1) is 12.7 Å². The summed E-state index contributed by atoms with van der Waals surface area (Å²) in [7, 11) is 1.37. The number of hydrogen-bond acceptors (Lipinski definition) is 3. The van der Waals surface area contributed by atoms with Crippen molar-refractivity contribution in [1.29, 1.82) is 0 Å². The molecule has 2 rings (SSSR count). The van der Waals surface area contributed by atoms with Gasteiger partial charge in [0, 0.05) is 0 Å². The summed E-state index contributed by atoms with van der Waals surface area (Å²) in [6.45, 7) is 0. The molecule has 0 saturated carbocycles. The van der Waals surface area contributed by atoms with Crippen LogP contribution in [-0.2, 0) is 11.2 Å². The third kappa shape index (κ3) is 3.72. The number of hydrogen-bond donors (Lipinski definition) is 1. The van der Waals surface area contributed by atoms with E-state index in [4.69, 9.17) is 0 Å². The van der Waals surface area contributed by atoms with E-state index in [2.05, 4.69) is 4.74 Å². The van der Waals surface area contributed by atoms with Crippen LogP contribution < -0.4 is 0 Å². The van der Waals surface area contributed by atoms with E-state index in [1.165, 1.54) is 7.11 Å². The molecule has 0 unspecified atom stereocenters. The first-order chi connectivity index (χ1) is 9.69. The van der Waals surface area contributed by atoms with Gasteiger partial charge in [-0.2, -0.15) is 0 Å². The van der Waals surface area contributed by atoms with Gasteiger partial charge in [-0.25, -0.2) is 4.79 Å². The van der Waals surface area contributed by atoms with Crippen LogP contribution >= 0.6 is 0 Å². The molecular weight excluding hydrogens is 252 g/mol. The first kappa shape index (κ1) is 13.9. The summed E-state index contributed by atoms with van der Waals surface area (Å²) < 4.78 is 4.65. The van der Waals surface area contributed by atoms with Crippen LogP contribution in [0.1, 0.15) is 21.5 Å². The Hall–Kier alpha value is -2.55. The topological polar surface area (TPSA) is 46.5 Å². The van der Waals surface area contributed by atoms with Crippen LogP contribution in [0.15, 0.2) is 54.6 Å². The number of carbonyl (C=O) groups excluding carboxylic acids is 1. The molecule has 0 aliphatic carbocycles. The first-order valence-electron chi connectivity index (χ1n) is 6.32. The number of methoxy groups -OCH3 is 1. The molecule has 0 bridgehead atoms. The SMILES string of the molecule is COC(=O)c1ccc(C=CCc2cccc(O)c2)cc1. The van der Waals surface area contributed by atoms with Crippen molar-refractivity contribution in [1.82, 2.24) is 0 Å². The molecule has 20 heavy (non-hydrogen) atoms. The number of phenolic OH excluding ortho intramolecular Hbond substituents is 1. The van der Waals surface area contributed by atoms with Crippen molar-refractivity contribution in [3.8, 4) is 5.75 Å². The van der Waals surface area contributed by atoms with Crippen LogP contribution in [0.3, 0.4) is 0 Å². The Kier molecular flexibility index (Phi) is 4.56. The number of ether oxygens (including phenoxy) is 1. The van der Waals surface area contributed by atoms with Gasteiger partial charge in [-0.3, -0.25) is 0 Å². The van der Waals surface area contributed by atoms with Gasteiger partial charge in [-0.15, -0.1) is 0 Å². The monoisotopic (exact) mass is 268 g/mol. The molecule has 0 spiro atoms. The van der Waals surface area contributed by atoms with Crippen molar-refractivity contribution >= 4 is 12.0 Å². The largest absolute Gasteiger partial charge is 0.508 e. The zero-order valence-corrected chi connectivity index (χ0v) is 11.2. The van der Waals surface area contributed by atoms with Crippen molar-refractivity contribution < 1.29 is 14.6 Å². The summed E-state index contributed by atoms with van der Waals surface area (Å²) in [6, 6.07) is 14.4. The summed E-state index contributed by atoms with van der Waals surface area (Å²) >= 11 is 0. The summed E-state index contributed by atoms with van der Waals surface area (Å²) in [6.07, 6.45) is 4.74. The Labute approximate surface area is 118 Å². The predicted octanol–water partition coefficient (Wildman–Crippen LogP) is 3.43. The number of esters is 1. The number of rotatable bonds is 4. The van der Waals surface area contributed by atoms with Gasteiger partial charge in [0.15, 0.2) is 0 Å². The van der Waals surface area contributed by atoms with E-state index >= 15 is 0 Å². The molecule has 2 aromatic rings. The zero-order chi connectivity index (χ0) is 14.4. The van der Waals surface area contributed by atoms with Gasteiger partial charge in [-0.05, 0) is 41.8 Å². The Morgan fingerprint density at radius 1 is 1.20 bits per heavy atom. The molecule has 3 nitrogen and oxygen atoms in total. The molecule has 102 valence electrons. The standard InChI is InChI=1S/C17H16O3/c1-20-17(19)15-10-8-13(9-11-15)4-2-5-14-6-3-7-16(18)12-14/h2-4,6-12,18H,5H2,1H3. The molecule has 0 atom stereocenters. The molecule has 0 amide bonds. The second-order valence-electron chi connectivity index (χ2n) is 4.39. The second-order valence-corrected chi connectivity index (χ2v) is 4.39. The molecule has 0 saturated heterocycles. The van der Waals surface area contributed by atoms with Crippen molar-refractivity contribution in [3.63, 3.8) is 0 Å². The number of phenols is 1. The van der Waals surface area contributed by atoms with E-state index in [0.717, 1.165) is 17.5 Å². The second kappa shape index (κ2) is 6.57. The van der Waals surface area contributed by atoms with E-state index in [1.807, 2.05) is 36.4 Å². The van der Waals surface area contributed by atoms with Crippen molar-refractivity contribution in [2.24, 2.45) is 0 Å². The molecule has 0 aliphatic heterocycles. The highest BCUT2D eigenvalue weighted by molar-refractivity contribution is 5.89. The van der Waals surface area contributed by atoms with Crippen molar-refractivity contribution in [3.05, 3.63) is 71.3 Å². The third-order valence-electron chi connectivity index (χ3n) is 2.91. The van der Waals surface area contributed by atoms with E-state index < -0.39 is 0 Å². The van der Waals surface area contributed by atoms with Crippen LogP contribution in [-0.4, -0.2) is 18.2 Å². The summed E-state index contributed by atoms with van der Waals surface area (Å²) in [5.74, 6) is -0.0568. The summed E-state index contributed by atoms with van der Waals surface area (Å²) in [5.41, 5.74) is 2.60. The number of carbonyl (C=O) groups is 1. The fourth-order valence-electron chi connectivity index (χ4n) is 1.86. The molecule has 1 N–H and O–H groups in total. The molecule has 0 radical (unpaired) electrons. The highest BCUT2D eigenvalue weighted by Gasteiger charge is 2.02. The minimum Gasteiger partial charge on any atom is -0.508 e. The lowest BCUT2D eigenvalue weighted by Crippen LogP contribution is -2.00. The molecule has 0 fully saturated rings. The zero-order valence-electron chi connectivity index (χ0n) is 11.2. The van der Waals surface area contributed by atoms with Gasteiger partial charge >= 0.3 is 5.97 Å². The highest BCUT2D eigenvalue weighted by atomic mass is 16.5. The Balaban J connectivity index is 1.99. The maximum Gasteiger partial charge on any atom is 0.337 e. The fraction of sp³-hybridized carbons (Fsp3) is 0.118. The Bertz CT molecular complexity index is 612. The average molecular weight is 268 g/mol. The smallest absolute Gasteiger partial charge is 0.337 e.